The van der Waals surface area contributed by atoms with Crippen molar-refractivity contribution in [1.29, 1.82) is 0 Å². The Morgan fingerprint density at radius 3 is 2.39 bits per heavy atom. The lowest BCUT2D eigenvalue weighted by molar-refractivity contribution is -0.136. The Hall–Kier alpha value is -3.55. The Morgan fingerprint density at radius 1 is 1.04 bits per heavy atom. The van der Waals surface area contributed by atoms with Crippen molar-refractivity contribution in [3.8, 4) is 11.4 Å². The molecule has 8 nitrogen and oxygen atoms in total. The number of carbonyl (C=O) groups is 2. The average molecular weight is 378 g/mol. The van der Waals surface area contributed by atoms with E-state index in [2.05, 4.69) is 26.0 Å². The van der Waals surface area contributed by atoms with Gasteiger partial charge >= 0.3 is 11.8 Å². The zero-order chi connectivity index (χ0) is 19.9. The van der Waals surface area contributed by atoms with E-state index in [1.54, 1.807) is 31.3 Å². The predicted octanol–water partition coefficient (Wildman–Crippen LogP) is 1.95. The first kappa shape index (κ1) is 19.2. The van der Waals surface area contributed by atoms with Crippen LogP contribution in [-0.4, -0.2) is 38.1 Å². The van der Waals surface area contributed by atoms with Crippen LogP contribution in [0.15, 0.2) is 54.6 Å². The second-order valence-corrected chi connectivity index (χ2v) is 6.53. The second-order valence-electron chi connectivity index (χ2n) is 6.53. The van der Waals surface area contributed by atoms with Crippen LogP contribution in [0.1, 0.15) is 18.9 Å². The highest BCUT2D eigenvalue weighted by Crippen LogP contribution is 2.17. The van der Waals surface area contributed by atoms with Crippen LogP contribution >= 0.6 is 0 Å². The van der Waals surface area contributed by atoms with Gasteiger partial charge in [-0.2, -0.15) is 4.80 Å². The first-order chi connectivity index (χ1) is 13.5. The van der Waals surface area contributed by atoms with Crippen LogP contribution in [0.3, 0.4) is 0 Å². The van der Waals surface area contributed by atoms with Gasteiger partial charge < -0.3 is 10.6 Å². The summed E-state index contributed by atoms with van der Waals surface area (Å²) in [5.41, 5.74) is 2.49. The maximum atomic E-state index is 12.1. The number of hydrogen-bond donors (Lipinski definition) is 2. The Balaban J connectivity index is 1.49. The van der Waals surface area contributed by atoms with Crippen LogP contribution < -0.4 is 10.6 Å². The van der Waals surface area contributed by atoms with Crippen molar-refractivity contribution in [2.45, 2.75) is 25.8 Å². The van der Waals surface area contributed by atoms with E-state index < -0.39 is 11.8 Å². The van der Waals surface area contributed by atoms with Gasteiger partial charge in [-0.15, -0.1) is 10.2 Å². The summed E-state index contributed by atoms with van der Waals surface area (Å²) in [4.78, 5) is 25.6. The Bertz CT molecular complexity index is 937. The van der Waals surface area contributed by atoms with E-state index in [0.717, 1.165) is 18.4 Å². The number of aromatic nitrogens is 4. The van der Waals surface area contributed by atoms with Crippen molar-refractivity contribution in [3.63, 3.8) is 0 Å². The first-order valence-electron chi connectivity index (χ1n) is 9.01. The van der Waals surface area contributed by atoms with Gasteiger partial charge in [0.05, 0.1) is 7.05 Å². The smallest absolute Gasteiger partial charge is 0.313 e. The van der Waals surface area contributed by atoms with E-state index >= 15 is 0 Å². The van der Waals surface area contributed by atoms with Gasteiger partial charge in [-0.25, -0.2) is 0 Å². The van der Waals surface area contributed by atoms with E-state index in [4.69, 9.17) is 0 Å². The molecule has 0 spiro atoms. The fourth-order valence-corrected chi connectivity index (χ4v) is 2.68. The number of amides is 2. The van der Waals surface area contributed by atoms with Gasteiger partial charge in [0.15, 0.2) is 0 Å². The van der Waals surface area contributed by atoms with Gasteiger partial charge in [0.1, 0.15) is 0 Å². The van der Waals surface area contributed by atoms with Gasteiger partial charge in [0, 0.05) is 17.3 Å². The second kappa shape index (κ2) is 8.90. The molecule has 0 saturated carbocycles. The number of carbonyl (C=O) groups excluding carboxylic acids is 2. The summed E-state index contributed by atoms with van der Waals surface area (Å²) >= 11 is 0. The predicted molar refractivity (Wildman–Crippen MR) is 105 cm³/mol. The lowest BCUT2D eigenvalue weighted by atomic mass is 10.1. The zero-order valence-electron chi connectivity index (χ0n) is 15.8. The van der Waals surface area contributed by atoms with Crippen molar-refractivity contribution < 1.29 is 9.59 Å². The topological polar surface area (TPSA) is 102 Å². The molecule has 0 bridgehead atoms. The molecule has 3 aromatic rings. The van der Waals surface area contributed by atoms with Crippen molar-refractivity contribution in [2.75, 3.05) is 5.32 Å². The van der Waals surface area contributed by atoms with Crippen LogP contribution in [0.25, 0.3) is 11.4 Å². The zero-order valence-corrected chi connectivity index (χ0v) is 15.8. The monoisotopic (exact) mass is 378 g/mol. The van der Waals surface area contributed by atoms with E-state index in [-0.39, 0.29) is 6.04 Å². The van der Waals surface area contributed by atoms with Gasteiger partial charge in [0.2, 0.25) is 5.82 Å². The van der Waals surface area contributed by atoms with Gasteiger partial charge in [-0.3, -0.25) is 9.59 Å². The molecule has 0 saturated heterocycles. The molecule has 1 heterocycles. The highest BCUT2D eigenvalue weighted by atomic mass is 16.2. The van der Waals surface area contributed by atoms with Crippen LogP contribution in [0.2, 0.25) is 0 Å². The molecule has 3 rings (SSSR count). The fourth-order valence-electron chi connectivity index (χ4n) is 2.68. The quantitative estimate of drug-likeness (QED) is 0.639. The summed E-state index contributed by atoms with van der Waals surface area (Å²) in [6.07, 6.45) is 1.59. The average Bonchev–Trinajstić information content (AvgIpc) is 3.14. The first-order valence-corrected chi connectivity index (χ1v) is 9.01. The van der Waals surface area contributed by atoms with Crippen molar-refractivity contribution in [1.82, 2.24) is 25.5 Å². The minimum Gasteiger partial charge on any atom is -0.345 e. The van der Waals surface area contributed by atoms with E-state index in [9.17, 15) is 9.59 Å². The van der Waals surface area contributed by atoms with Crippen LogP contribution in [-0.2, 0) is 23.1 Å². The lowest BCUT2D eigenvalue weighted by Gasteiger charge is -2.13. The maximum Gasteiger partial charge on any atom is 0.313 e. The SMILES string of the molecule is C[C@@H](CCc1ccccc1)NC(=O)C(=O)Nc1ccc(-c2nnn(C)n2)cc1. The number of rotatable bonds is 6. The number of aryl methyl sites for hydroxylation is 2. The molecule has 2 N–H and O–H groups in total. The fraction of sp³-hybridized carbons (Fsp3) is 0.250. The van der Waals surface area contributed by atoms with Gasteiger partial charge in [0.25, 0.3) is 0 Å². The minimum atomic E-state index is -0.697. The summed E-state index contributed by atoms with van der Waals surface area (Å²) in [5, 5.41) is 17.1. The third-order valence-corrected chi connectivity index (χ3v) is 4.20. The number of nitrogens with one attached hydrogen (secondary N) is 2. The van der Waals surface area contributed by atoms with E-state index in [0.29, 0.717) is 11.5 Å². The van der Waals surface area contributed by atoms with Crippen molar-refractivity contribution in [2.24, 2.45) is 7.05 Å². The van der Waals surface area contributed by atoms with Crippen molar-refractivity contribution >= 4 is 17.5 Å². The molecular weight excluding hydrogens is 356 g/mol. The molecular formula is C20H22N6O2. The molecule has 2 amide bonds. The molecule has 1 aromatic heterocycles. The molecule has 2 aromatic carbocycles. The largest absolute Gasteiger partial charge is 0.345 e. The Morgan fingerprint density at radius 2 is 1.75 bits per heavy atom. The molecule has 8 heteroatoms. The molecule has 0 aliphatic carbocycles. The highest BCUT2D eigenvalue weighted by Gasteiger charge is 2.16. The van der Waals surface area contributed by atoms with Crippen LogP contribution in [0, 0.1) is 0 Å². The molecule has 0 unspecified atom stereocenters. The number of hydrogen-bond acceptors (Lipinski definition) is 5. The van der Waals surface area contributed by atoms with E-state index in [1.165, 1.54) is 10.4 Å². The molecule has 0 aliphatic rings. The van der Waals surface area contributed by atoms with Gasteiger partial charge in [-0.1, -0.05) is 30.3 Å². The summed E-state index contributed by atoms with van der Waals surface area (Å²) in [5.74, 6) is -0.859. The standard InChI is InChI=1S/C20H22N6O2/c1-14(8-9-15-6-4-3-5-7-15)21-19(27)20(28)22-17-12-10-16(11-13-17)18-23-25-26(2)24-18/h3-7,10-14H,8-9H2,1-2H3,(H,21,27)(H,22,28)/t14-/m0/s1. The number of nitrogens with zero attached hydrogens (tertiary/aromatic N) is 4. The Labute approximate surface area is 163 Å². The summed E-state index contributed by atoms with van der Waals surface area (Å²) < 4.78 is 0. The highest BCUT2D eigenvalue weighted by molar-refractivity contribution is 6.39. The summed E-state index contributed by atoms with van der Waals surface area (Å²) in [6.45, 7) is 1.89. The molecule has 0 radical (unpaired) electrons. The molecule has 0 aliphatic heterocycles. The Kier molecular flexibility index (Phi) is 6.11. The number of tetrazole rings is 1. The van der Waals surface area contributed by atoms with Crippen LogP contribution in [0.5, 0.6) is 0 Å². The molecule has 144 valence electrons. The minimum absolute atomic E-state index is 0.108. The molecule has 0 fully saturated rings. The normalized spacial score (nSPS) is 11.6. The summed E-state index contributed by atoms with van der Waals surface area (Å²) in [7, 11) is 1.69. The number of anilines is 1. The van der Waals surface area contributed by atoms with Gasteiger partial charge in [-0.05, 0) is 54.8 Å². The summed E-state index contributed by atoms with van der Waals surface area (Å²) in [6, 6.07) is 16.8. The van der Waals surface area contributed by atoms with Crippen molar-refractivity contribution in [3.05, 3.63) is 60.2 Å². The van der Waals surface area contributed by atoms with Crippen LogP contribution in [0.4, 0.5) is 5.69 Å². The maximum absolute atomic E-state index is 12.1. The third-order valence-electron chi connectivity index (χ3n) is 4.20. The lowest BCUT2D eigenvalue weighted by Crippen LogP contribution is -2.40. The van der Waals surface area contributed by atoms with E-state index in [1.807, 2.05) is 37.3 Å². The molecule has 28 heavy (non-hydrogen) atoms. The molecule has 1 atom stereocenters. The third kappa shape index (κ3) is 5.23. The number of benzene rings is 2.